The smallest absolute Gasteiger partial charge is 0.217 e. The molecule has 4 rings (SSSR count). The van der Waals surface area contributed by atoms with Gasteiger partial charge in [-0.05, 0) is 25.7 Å². The summed E-state index contributed by atoms with van der Waals surface area (Å²) in [5.41, 5.74) is 0. The van der Waals surface area contributed by atoms with Crippen molar-refractivity contribution in [1.29, 1.82) is 0 Å². The zero-order valence-electron chi connectivity index (χ0n) is 37.9. The molecule has 4 aliphatic rings. The highest BCUT2D eigenvalue weighted by molar-refractivity contribution is 5.73. The van der Waals surface area contributed by atoms with Crippen molar-refractivity contribution < 1.29 is 108 Å². The SMILES string of the molecule is CCCOCCOCCCOCCOCC1O[C@@H](O[C@@H]2C(CO)O[C@@H](O[C@@H]3C(CO[C@@H]4OC(C)[C@@H](O)C(O)C4O)O[C@@H](C(C)C)[C@@H](NC(C)=O)C3O)[C@@H](NC(C)=O)C2O)[C@H](O)C(O)[C@@H]1O. The number of ether oxygens (including phenoxy) is 11. The molecule has 0 spiro atoms. The molecule has 380 valence electrons. The number of aliphatic hydroxyl groups excluding tert-OH is 9. The van der Waals surface area contributed by atoms with Gasteiger partial charge in [0, 0.05) is 33.7 Å². The molecule has 0 aromatic heterocycles. The van der Waals surface area contributed by atoms with Crippen LogP contribution < -0.4 is 10.6 Å². The fourth-order valence-corrected chi connectivity index (χ4v) is 7.96. The van der Waals surface area contributed by atoms with Gasteiger partial charge in [0.1, 0.15) is 85.4 Å². The summed E-state index contributed by atoms with van der Waals surface area (Å²) >= 11 is 0. The molecule has 0 saturated carbocycles. The fourth-order valence-electron chi connectivity index (χ4n) is 7.96. The summed E-state index contributed by atoms with van der Waals surface area (Å²) in [5.74, 6) is -1.51. The summed E-state index contributed by atoms with van der Waals surface area (Å²) < 4.78 is 63.9. The van der Waals surface area contributed by atoms with Gasteiger partial charge < -0.3 is 109 Å². The van der Waals surface area contributed by atoms with Crippen molar-refractivity contribution in [2.45, 2.75) is 177 Å². The van der Waals surface area contributed by atoms with Crippen LogP contribution in [-0.2, 0) is 61.7 Å². The second kappa shape index (κ2) is 27.4. The number of carbonyl (C=O) groups is 2. The first kappa shape index (κ1) is 55.7. The Morgan fingerprint density at radius 3 is 1.68 bits per heavy atom. The fraction of sp³-hybridized carbons (Fsp3) is 0.951. The summed E-state index contributed by atoms with van der Waals surface area (Å²) in [6.07, 6.45) is -25.6. The summed E-state index contributed by atoms with van der Waals surface area (Å²) in [7, 11) is 0. The molecule has 0 bridgehead atoms. The van der Waals surface area contributed by atoms with Crippen LogP contribution in [0.2, 0.25) is 0 Å². The molecule has 9 unspecified atom stereocenters. The second-order valence-corrected chi connectivity index (χ2v) is 17.0. The van der Waals surface area contributed by atoms with Gasteiger partial charge in [-0.1, -0.05) is 20.8 Å². The maximum Gasteiger partial charge on any atom is 0.217 e. The lowest BCUT2D eigenvalue weighted by molar-refractivity contribution is -0.360. The summed E-state index contributed by atoms with van der Waals surface area (Å²) in [4.78, 5) is 24.9. The topological polar surface area (TPSA) is 342 Å². The predicted molar refractivity (Wildman–Crippen MR) is 219 cm³/mol. The van der Waals surface area contributed by atoms with Crippen LogP contribution in [0.3, 0.4) is 0 Å². The van der Waals surface area contributed by atoms with E-state index >= 15 is 0 Å². The van der Waals surface area contributed by atoms with Crippen LogP contribution >= 0.6 is 0 Å². The van der Waals surface area contributed by atoms with E-state index in [4.69, 9.17) is 52.1 Å². The zero-order valence-corrected chi connectivity index (χ0v) is 37.9. The van der Waals surface area contributed by atoms with Gasteiger partial charge in [0.25, 0.3) is 0 Å². The lowest BCUT2D eigenvalue weighted by atomic mass is 9.87. The average Bonchev–Trinajstić information content (AvgIpc) is 3.26. The van der Waals surface area contributed by atoms with E-state index in [2.05, 4.69) is 10.6 Å². The van der Waals surface area contributed by atoms with Crippen molar-refractivity contribution >= 4 is 11.8 Å². The minimum absolute atomic E-state index is 0.0875. The van der Waals surface area contributed by atoms with Crippen molar-refractivity contribution in [3.63, 3.8) is 0 Å². The number of hydrogen-bond acceptors (Lipinski definition) is 22. The first-order valence-electron chi connectivity index (χ1n) is 22.4. The molecule has 11 N–H and O–H groups in total. The highest BCUT2D eigenvalue weighted by Crippen LogP contribution is 2.35. The number of carbonyl (C=O) groups excluding carboxylic acids is 2. The van der Waals surface area contributed by atoms with E-state index in [1.54, 1.807) is 13.8 Å². The first-order valence-corrected chi connectivity index (χ1v) is 22.4. The van der Waals surface area contributed by atoms with Crippen molar-refractivity contribution in [1.82, 2.24) is 10.6 Å². The molecule has 24 heteroatoms. The molecule has 4 aliphatic heterocycles. The molecule has 65 heavy (non-hydrogen) atoms. The lowest BCUT2D eigenvalue weighted by Crippen LogP contribution is -2.70. The third-order valence-corrected chi connectivity index (χ3v) is 11.4. The summed E-state index contributed by atoms with van der Waals surface area (Å²) in [5, 5.41) is 103. The Hall–Kier alpha value is -1.86. The first-order chi connectivity index (χ1) is 30.9. The van der Waals surface area contributed by atoms with Crippen LogP contribution in [0, 0.1) is 5.92 Å². The molecule has 0 aliphatic carbocycles. The summed E-state index contributed by atoms with van der Waals surface area (Å²) in [6.45, 7) is 10.7. The van der Waals surface area contributed by atoms with E-state index < -0.39 is 148 Å². The van der Waals surface area contributed by atoms with Gasteiger partial charge in [0.2, 0.25) is 11.8 Å². The maximum atomic E-state index is 12.6. The molecule has 4 fully saturated rings. The molecule has 4 heterocycles. The molecule has 0 radical (unpaired) electrons. The highest BCUT2D eigenvalue weighted by Gasteiger charge is 2.55. The molecular formula is C41H74N2O22. The van der Waals surface area contributed by atoms with Crippen molar-refractivity contribution in [2.24, 2.45) is 5.92 Å². The third-order valence-electron chi connectivity index (χ3n) is 11.4. The molecule has 4 saturated heterocycles. The normalized spacial score (nSPS) is 40.2. The maximum absolute atomic E-state index is 12.6. The van der Waals surface area contributed by atoms with E-state index in [9.17, 15) is 55.5 Å². The van der Waals surface area contributed by atoms with Crippen molar-refractivity contribution in [3.05, 3.63) is 0 Å². The molecular weight excluding hydrogens is 872 g/mol. The van der Waals surface area contributed by atoms with Gasteiger partial charge in [-0.25, -0.2) is 0 Å². The van der Waals surface area contributed by atoms with Crippen LogP contribution in [-0.4, -0.2) is 246 Å². The predicted octanol–water partition coefficient (Wildman–Crippen LogP) is -4.85. The zero-order chi connectivity index (χ0) is 48.0. The quantitative estimate of drug-likeness (QED) is 0.0382. The average molecular weight is 947 g/mol. The molecule has 2 amide bonds. The number of hydrogen-bond donors (Lipinski definition) is 11. The molecule has 24 nitrogen and oxygen atoms in total. The van der Waals surface area contributed by atoms with E-state index in [1.165, 1.54) is 13.8 Å². The van der Waals surface area contributed by atoms with E-state index in [0.717, 1.165) is 13.3 Å². The Labute approximate surface area is 378 Å². The van der Waals surface area contributed by atoms with Crippen LogP contribution in [0.1, 0.15) is 54.4 Å². The monoisotopic (exact) mass is 946 g/mol. The van der Waals surface area contributed by atoms with E-state index in [-0.39, 0.29) is 25.7 Å². The molecule has 20 atom stereocenters. The van der Waals surface area contributed by atoms with Gasteiger partial charge in [-0.3, -0.25) is 9.59 Å². The minimum atomic E-state index is -1.88. The van der Waals surface area contributed by atoms with Crippen LogP contribution in [0.15, 0.2) is 0 Å². The number of aliphatic hydroxyl groups is 9. The number of rotatable bonds is 25. The van der Waals surface area contributed by atoms with Gasteiger partial charge in [0.05, 0.1) is 64.5 Å². The van der Waals surface area contributed by atoms with Crippen molar-refractivity contribution in [2.75, 3.05) is 66.1 Å². The van der Waals surface area contributed by atoms with Gasteiger partial charge >= 0.3 is 0 Å². The Morgan fingerprint density at radius 1 is 0.554 bits per heavy atom. The number of nitrogens with one attached hydrogen (secondary N) is 2. The Balaban J connectivity index is 1.44. The summed E-state index contributed by atoms with van der Waals surface area (Å²) in [6, 6.07) is -2.61. The van der Waals surface area contributed by atoms with Crippen LogP contribution in [0.4, 0.5) is 0 Å². The number of amides is 2. The Bertz CT molecular complexity index is 1390. The van der Waals surface area contributed by atoms with Gasteiger partial charge in [0.15, 0.2) is 18.9 Å². The Kier molecular flexibility index (Phi) is 23.5. The van der Waals surface area contributed by atoms with Crippen LogP contribution in [0.25, 0.3) is 0 Å². The standard InChI is InChI=1S/C41H74N2O22/c1-7-9-55-12-13-56-10-8-11-57-14-15-58-17-24-29(48)33(52)35(54)41(63-24)65-37-23(16-44)62-39(27(31(37)50)43-22(6)46)64-38-25(18-59-40-34(53)32(51)28(47)20(4)60-40)61-36(19(2)3)26(30(38)49)42-21(5)45/h19-20,23-41,44,47-54H,7-18H2,1-6H3,(H,42,45)(H,43,46)/t20?,23?,24?,25?,26-,27-,28+,29+,30?,31?,32?,33?,34?,35+,36-,37+,38+,39-,40+,41-/m0/s1. The highest BCUT2D eigenvalue weighted by atomic mass is 16.7. The minimum Gasteiger partial charge on any atom is -0.394 e. The van der Waals surface area contributed by atoms with Gasteiger partial charge in [-0.2, -0.15) is 0 Å². The van der Waals surface area contributed by atoms with E-state index in [1.807, 2.05) is 6.92 Å². The molecule has 0 aromatic carbocycles. The Morgan fingerprint density at radius 2 is 1.08 bits per heavy atom. The van der Waals surface area contributed by atoms with Crippen LogP contribution in [0.5, 0.6) is 0 Å². The largest absolute Gasteiger partial charge is 0.394 e. The molecule has 0 aromatic rings. The second-order valence-electron chi connectivity index (χ2n) is 17.0. The third kappa shape index (κ3) is 15.6. The van der Waals surface area contributed by atoms with E-state index in [0.29, 0.717) is 39.5 Å². The lowest BCUT2D eigenvalue weighted by Gasteiger charge is -2.50. The van der Waals surface area contributed by atoms with Gasteiger partial charge in [-0.15, -0.1) is 0 Å². The van der Waals surface area contributed by atoms with Crippen molar-refractivity contribution in [3.8, 4) is 0 Å².